The highest BCUT2D eigenvalue weighted by Gasteiger charge is 2.21. The summed E-state index contributed by atoms with van der Waals surface area (Å²) >= 11 is 5.82. The van der Waals surface area contributed by atoms with Crippen LogP contribution in [0.1, 0.15) is 22.3 Å². The predicted octanol–water partition coefficient (Wildman–Crippen LogP) is 3.84. The van der Waals surface area contributed by atoms with Crippen molar-refractivity contribution in [2.75, 3.05) is 5.73 Å². The van der Waals surface area contributed by atoms with E-state index >= 15 is 0 Å². The van der Waals surface area contributed by atoms with Crippen molar-refractivity contribution >= 4 is 23.1 Å². The Labute approximate surface area is 115 Å². The van der Waals surface area contributed by atoms with Gasteiger partial charge < -0.3 is 10.5 Å². The number of ketones is 1. The summed E-state index contributed by atoms with van der Waals surface area (Å²) in [5.41, 5.74) is 8.23. The zero-order chi connectivity index (χ0) is 13.4. The van der Waals surface area contributed by atoms with Gasteiger partial charge in [-0.25, -0.2) is 0 Å². The van der Waals surface area contributed by atoms with Crippen LogP contribution in [-0.4, -0.2) is 5.78 Å². The molecule has 0 amide bonds. The maximum absolute atomic E-state index is 11.7. The van der Waals surface area contributed by atoms with Crippen molar-refractivity contribution < 1.29 is 9.53 Å². The van der Waals surface area contributed by atoms with E-state index in [9.17, 15) is 4.79 Å². The fraction of sp³-hybridized carbons (Fsp3) is 0.133. The molecule has 19 heavy (non-hydrogen) atoms. The highest BCUT2D eigenvalue weighted by molar-refractivity contribution is 6.30. The molecule has 1 aliphatic carbocycles. The first-order chi connectivity index (χ1) is 9.13. The fourth-order valence-electron chi connectivity index (χ4n) is 2.21. The number of hydrogen-bond donors (Lipinski definition) is 1. The summed E-state index contributed by atoms with van der Waals surface area (Å²) < 4.78 is 5.70. The Balaban J connectivity index is 1.95. The largest absolute Gasteiger partial charge is 0.455 e. The quantitative estimate of drug-likeness (QED) is 0.846. The number of carbonyl (C=O) groups excluding carboxylic acids is 1. The summed E-state index contributed by atoms with van der Waals surface area (Å²) in [4.78, 5) is 11.7. The van der Waals surface area contributed by atoms with Crippen molar-refractivity contribution in [3.05, 3.63) is 52.5 Å². The SMILES string of the molecule is Nc1cc2c(cc1Oc1ccc(Cl)cc1)C(=O)CC2. The van der Waals surface area contributed by atoms with Gasteiger partial charge >= 0.3 is 0 Å². The molecule has 4 heteroatoms. The number of carbonyl (C=O) groups is 1. The zero-order valence-corrected chi connectivity index (χ0v) is 10.9. The summed E-state index contributed by atoms with van der Waals surface area (Å²) in [6.07, 6.45) is 1.32. The van der Waals surface area contributed by atoms with E-state index in [1.807, 2.05) is 6.07 Å². The van der Waals surface area contributed by atoms with Crippen LogP contribution in [0.3, 0.4) is 0 Å². The van der Waals surface area contributed by atoms with Crippen LogP contribution in [0.4, 0.5) is 5.69 Å². The van der Waals surface area contributed by atoms with Gasteiger partial charge in [0.2, 0.25) is 0 Å². The first kappa shape index (κ1) is 12.1. The van der Waals surface area contributed by atoms with E-state index in [1.54, 1.807) is 30.3 Å². The van der Waals surface area contributed by atoms with Crippen molar-refractivity contribution in [3.63, 3.8) is 0 Å². The van der Waals surface area contributed by atoms with E-state index < -0.39 is 0 Å². The van der Waals surface area contributed by atoms with Crippen molar-refractivity contribution in [2.45, 2.75) is 12.8 Å². The molecule has 0 heterocycles. The molecule has 1 aliphatic rings. The van der Waals surface area contributed by atoms with E-state index in [1.165, 1.54) is 0 Å². The molecular formula is C15H12ClNO2. The topological polar surface area (TPSA) is 52.3 Å². The number of anilines is 1. The number of hydrogen-bond acceptors (Lipinski definition) is 3. The summed E-state index contributed by atoms with van der Waals surface area (Å²) in [6.45, 7) is 0. The maximum Gasteiger partial charge on any atom is 0.163 e. The lowest BCUT2D eigenvalue weighted by Gasteiger charge is -2.10. The standard InChI is InChI=1S/C15H12ClNO2/c16-10-2-4-11(5-3-10)19-15-8-12-9(7-13(15)17)1-6-14(12)18/h2-5,7-8H,1,6,17H2. The van der Waals surface area contributed by atoms with Crippen LogP contribution in [-0.2, 0) is 6.42 Å². The van der Waals surface area contributed by atoms with Gasteiger partial charge in [-0.15, -0.1) is 0 Å². The normalized spacial score (nSPS) is 13.4. The van der Waals surface area contributed by atoms with Gasteiger partial charge in [0.05, 0.1) is 5.69 Å². The number of fused-ring (bicyclic) bond motifs is 1. The summed E-state index contributed by atoms with van der Waals surface area (Å²) in [7, 11) is 0. The van der Waals surface area contributed by atoms with Crippen molar-refractivity contribution in [3.8, 4) is 11.5 Å². The predicted molar refractivity (Wildman–Crippen MR) is 75.0 cm³/mol. The third-order valence-electron chi connectivity index (χ3n) is 3.20. The molecule has 0 unspecified atom stereocenters. The van der Waals surface area contributed by atoms with Crippen molar-refractivity contribution in [2.24, 2.45) is 0 Å². The van der Waals surface area contributed by atoms with Gasteiger partial charge in [-0.05, 0) is 48.4 Å². The van der Waals surface area contributed by atoms with E-state index in [4.69, 9.17) is 22.1 Å². The first-order valence-corrected chi connectivity index (χ1v) is 6.40. The Morgan fingerprint density at radius 3 is 2.58 bits per heavy atom. The molecule has 0 radical (unpaired) electrons. The number of Topliss-reactive ketones (excluding diaryl/α,β-unsaturated/α-hetero) is 1. The van der Waals surface area contributed by atoms with Crippen LogP contribution in [0, 0.1) is 0 Å². The molecule has 0 atom stereocenters. The Morgan fingerprint density at radius 2 is 1.84 bits per heavy atom. The second kappa shape index (κ2) is 4.59. The lowest BCUT2D eigenvalue weighted by atomic mass is 10.1. The van der Waals surface area contributed by atoms with E-state index in [0.29, 0.717) is 28.6 Å². The third kappa shape index (κ3) is 2.29. The Bertz CT molecular complexity index is 650. The van der Waals surface area contributed by atoms with Crippen LogP contribution >= 0.6 is 11.6 Å². The highest BCUT2D eigenvalue weighted by Crippen LogP contribution is 2.34. The summed E-state index contributed by atoms with van der Waals surface area (Å²) in [6, 6.07) is 10.6. The molecule has 0 saturated heterocycles. The molecule has 0 aliphatic heterocycles. The number of aryl methyl sites for hydroxylation is 1. The van der Waals surface area contributed by atoms with Crippen molar-refractivity contribution in [1.29, 1.82) is 0 Å². The maximum atomic E-state index is 11.7. The number of rotatable bonds is 2. The number of nitrogens with two attached hydrogens (primary N) is 1. The summed E-state index contributed by atoms with van der Waals surface area (Å²) in [5.74, 6) is 1.30. The van der Waals surface area contributed by atoms with Gasteiger partial charge in [-0.3, -0.25) is 4.79 Å². The zero-order valence-electron chi connectivity index (χ0n) is 10.2. The Kier molecular flexibility index (Phi) is 2.91. The fourth-order valence-corrected chi connectivity index (χ4v) is 2.34. The van der Waals surface area contributed by atoms with Gasteiger partial charge in [0, 0.05) is 17.0 Å². The molecule has 0 spiro atoms. The molecule has 2 aromatic rings. The van der Waals surface area contributed by atoms with Crippen molar-refractivity contribution in [1.82, 2.24) is 0 Å². The molecule has 0 aromatic heterocycles. The van der Waals surface area contributed by atoms with Crippen LogP contribution in [0.5, 0.6) is 11.5 Å². The highest BCUT2D eigenvalue weighted by atomic mass is 35.5. The van der Waals surface area contributed by atoms with Crippen LogP contribution in [0.25, 0.3) is 0 Å². The minimum atomic E-state index is 0.149. The van der Waals surface area contributed by atoms with Crippen LogP contribution in [0.2, 0.25) is 5.02 Å². The average molecular weight is 274 g/mol. The van der Waals surface area contributed by atoms with Gasteiger partial charge in [0.1, 0.15) is 5.75 Å². The Hall–Kier alpha value is -2.00. The molecule has 0 fully saturated rings. The van der Waals surface area contributed by atoms with Gasteiger partial charge in [0.15, 0.2) is 11.5 Å². The number of nitrogen functional groups attached to an aromatic ring is 1. The van der Waals surface area contributed by atoms with Crippen LogP contribution < -0.4 is 10.5 Å². The van der Waals surface area contributed by atoms with Gasteiger partial charge in [-0.2, -0.15) is 0 Å². The molecule has 0 saturated carbocycles. The van der Waals surface area contributed by atoms with Gasteiger partial charge in [-0.1, -0.05) is 11.6 Å². The molecular weight excluding hydrogens is 262 g/mol. The smallest absolute Gasteiger partial charge is 0.163 e. The molecule has 0 bridgehead atoms. The van der Waals surface area contributed by atoms with E-state index in [0.717, 1.165) is 17.5 Å². The molecule has 96 valence electrons. The minimum absolute atomic E-state index is 0.149. The van der Waals surface area contributed by atoms with Gasteiger partial charge in [0.25, 0.3) is 0 Å². The lowest BCUT2D eigenvalue weighted by molar-refractivity contribution is 0.0994. The van der Waals surface area contributed by atoms with E-state index in [-0.39, 0.29) is 5.78 Å². The lowest BCUT2D eigenvalue weighted by Crippen LogP contribution is -1.97. The average Bonchev–Trinajstić information content (AvgIpc) is 2.74. The second-order valence-electron chi connectivity index (χ2n) is 4.53. The van der Waals surface area contributed by atoms with E-state index in [2.05, 4.69) is 0 Å². The molecule has 2 N–H and O–H groups in total. The van der Waals surface area contributed by atoms with Crippen LogP contribution in [0.15, 0.2) is 36.4 Å². The first-order valence-electron chi connectivity index (χ1n) is 6.02. The third-order valence-corrected chi connectivity index (χ3v) is 3.45. The number of halogens is 1. The summed E-state index contributed by atoms with van der Waals surface area (Å²) in [5, 5.41) is 0.643. The number of benzene rings is 2. The number of ether oxygens (including phenoxy) is 1. The second-order valence-corrected chi connectivity index (χ2v) is 4.96. The monoisotopic (exact) mass is 273 g/mol. The minimum Gasteiger partial charge on any atom is -0.455 e. The molecule has 3 nitrogen and oxygen atoms in total. The molecule has 3 rings (SSSR count). The Morgan fingerprint density at radius 1 is 1.11 bits per heavy atom. The molecule has 2 aromatic carbocycles.